The van der Waals surface area contributed by atoms with Gasteiger partial charge in [-0.15, -0.1) is 0 Å². The lowest BCUT2D eigenvalue weighted by molar-refractivity contribution is 0.776. The Hall–Kier alpha value is -0.530. The minimum Gasteiger partial charge on any atom is -0.283 e. The fourth-order valence-corrected chi connectivity index (χ4v) is 2.36. The number of rotatable bonds is 5. The summed E-state index contributed by atoms with van der Waals surface area (Å²) in [5, 5.41) is 0. The number of benzene rings is 1. The zero-order chi connectivity index (χ0) is 12.9. The topological polar surface area (TPSA) is 12.4 Å². The third-order valence-electron chi connectivity index (χ3n) is 2.34. The number of nitrogens with zero attached hydrogens (tertiary/aromatic N) is 1. The second kappa shape index (κ2) is 6.42. The highest BCUT2D eigenvalue weighted by Gasteiger charge is 2.31. The standard InChI is InChI=1S/C14H19Cl2N/c1-4-10-14(15,16)13(17-11(2)3)12-8-6-5-7-9-12/h5-9,11H,4,10H2,1-3H3. The van der Waals surface area contributed by atoms with Crippen LogP contribution in [0.1, 0.15) is 39.2 Å². The van der Waals surface area contributed by atoms with Crippen molar-refractivity contribution in [3.05, 3.63) is 35.9 Å². The molecule has 0 aromatic heterocycles. The van der Waals surface area contributed by atoms with Crippen molar-refractivity contribution in [3.8, 4) is 0 Å². The average Bonchev–Trinajstić information content (AvgIpc) is 2.26. The third-order valence-corrected chi connectivity index (χ3v) is 3.08. The van der Waals surface area contributed by atoms with E-state index in [1.807, 2.05) is 44.2 Å². The molecule has 1 rings (SSSR count). The predicted octanol–water partition coefficient (Wildman–Crippen LogP) is 4.86. The molecule has 1 nitrogen and oxygen atoms in total. The second-order valence-electron chi connectivity index (χ2n) is 4.39. The van der Waals surface area contributed by atoms with E-state index in [9.17, 15) is 0 Å². The summed E-state index contributed by atoms with van der Waals surface area (Å²) < 4.78 is -0.902. The number of hydrogen-bond acceptors (Lipinski definition) is 1. The fourth-order valence-electron chi connectivity index (χ4n) is 1.67. The van der Waals surface area contributed by atoms with Crippen LogP contribution in [0.4, 0.5) is 0 Å². The molecule has 1 aromatic rings. The van der Waals surface area contributed by atoms with Crippen LogP contribution < -0.4 is 0 Å². The molecule has 0 aliphatic heterocycles. The quantitative estimate of drug-likeness (QED) is 0.536. The monoisotopic (exact) mass is 271 g/mol. The molecular formula is C14H19Cl2N. The molecule has 1 aromatic carbocycles. The normalized spacial score (nSPS) is 13.2. The van der Waals surface area contributed by atoms with Crippen molar-refractivity contribution < 1.29 is 0 Å². The third kappa shape index (κ3) is 4.33. The second-order valence-corrected chi connectivity index (χ2v) is 5.88. The van der Waals surface area contributed by atoms with E-state index in [0.29, 0.717) is 6.42 Å². The van der Waals surface area contributed by atoms with Crippen molar-refractivity contribution in [2.24, 2.45) is 4.99 Å². The van der Waals surface area contributed by atoms with Crippen LogP contribution >= 0.6 is 23.2 Å². The molecule has 0 amide bonds. The Balaban J connectivity index is 3.14. The molecule has 0 fully saturated rings. The van der Waals surface area contributed by atoms with Crippen LogP contribution in [-0.4, -0.2) is 16.1 Å². The maximum absolute atomic E-state index is 6.42. The SMILES string of the molecule is CCCC(Cl)(Cl)C(=NC(C)C)c1ccccc1. The average molecular weight is 272 g/mol. The summed E-state index contributed by atoms with van der Waals surface area (Å²) in [5.41, 5.74) is 1.78. The minimum absolute atomic E-state index is 0.180. The van der Waals surface area contributed by atoms with Gasteiger partial charge in [0.15, 0.2) is 4.33 Å². The molecule has 0 bridgehead atoms. The number of halogens is 2. The smallest absolute Gasteiger partial charge is 0.160 e. The fraction of sp³-hybridized carbons (Fsp3) is 0.500. The van der Waals surface area contributed by atoms with Crippen molar-refractivity contribution in [2.75, 3.05) is 0 Å². The molecule has 0 unspecified atom stereocenters. The van der Waals surface area contributed by atoms with Crippen molar-refractivity contribution >= 4 is 28.9 Å². The Kier molecular flexibility index (Phi) is 5.48. The molecule has 0 heterocycles. The molecule has 0 radical (unpaired) electrons. The first-order valence-corrected chi connectivity index (χ1v) is 6.74. The molecular weight excluding hydrogens is 253 g/mol. The van der Waals surface area contributed by atoms with Gasteiger partial charge in [0.05, 0.1) is 5.71 Å². The van der Waals surface area contributed by atoms with Gasteiger partial charge < -0.3 is 0 Å². The van der Waals surface area contributed by atoms with Gasteiger partial charge in [-0.25, -0.2) is 0 Å². The van der Waals surface area contributed by atoms with Gasteiger partial charge in [0.2, 0.25) is 0 Å². The molecule has 0 saturated carbocycles. The molecule has 17 heavy (non-hydrogen) atoms. The summed E-state index contributed by atoms with van der Waals surface area (Å²) in [4.78, 5) is 4.59. The minimum atomic E-state index is -0.902. The molecule has 94 valence electrons. The van der Waals surface area contributed by atoms with Gasteiger partial charge >= 0.3 is 0 Å². The highest BCUT2D eigenvalue weighted by molar-refractivity contribution is 6.60. The van der Waals surface area contributed by atoms with E-state index in [0.717, 1.165) is 17.7 Å². The Labute approximate surface area is 114 Å². The Morgan fingerprint density at radius 3 is 2.29 bits per heavy atom. The molecule has 0 N–H and O–H groups in total. The summed E-state index contributed by atoms with van der Waals surface area (Å²) in [7, 11) is 0. The zero-order valence-corrected chi connectivity index (χ0v) is 12.1. The maximum atomic E-state index is 6.42. The first-order valence-electron chi connectivity index (χ1n) is 5.99. The van der Waals surface area contributed by atoms with Gasteiger partial charge in [-0.05, 0) is 25.8 Å². The van der Waals surface area contributed by atoms with Crippen LogP contribution in [0.15, 0.2) is 35.3 Å². The van der Waals surface area contributed by atoms with Gasteiger partial charge in [-0.1, -0.05) is 66.9 Å². The van der Waals surface area contributed by atoms with Crippen LogP contribution in [0.5, 0.6) is 0 Å². The van der Waals surface area contributed by atoms with Gasteiger partial charge in [-0.3, -0.25) is 4.99 Å². The summed E-state index contributed by atoms with van der Waals surface area (Å²) in [6, 6.07) is 10.1. The van der Waals surface area contributed by atoms with Crippen LogP contribution in [0.3, 0.4) is 0 Å². The summed E-state index contributed by atoms with van der Waals surface area (Å²) in [5.74, 6) is 0. The molecule has 0 aliphatic rings. The molecule has 0 spiro atoms. The van der Waals surface area contributed by atoms with E-state index in [4.69, 9.17) is 23.2 Å². The lowest BCUT2D eigenvalue weighted by Gasteiger charge is -2.22. The van der Waals surface area contributed by atoms with Crippen LogP contribution in [0.2, 0.25) is 0 Å². The van der Waals surface area contributed by atoms with Crippen LogP contribution in [-0.2, 0) is 0 Å². The van der Waals surface area contributed by atoms with E-state index in [-0.39, 0.29) is 6.04 Å². The Bertz CT molecular complexity index is 369. The first kappa shape index (κ1) is 14.5. The van der Waals surface area contributed by atoms with E-state index in [1.165, 1.54) is 0 Å². The molecule has 0 aliphatic carbocycles. The van der Waals surface area contributed by atoms with Gasteiger partial charge in [-0.2, -0.15) is 0 Å². The van der Waals surface area contributed by atoms with Gasteiger partial charge in [0.1, 0.15) is 0 Å². The summed E-state index contributed by atoms with van der Waals surface area (Å²) in [6.45, 7) is 6.12. The molecule has 3 heteroatoms. The lowest BCUT2D eigenvalue weighted by Crippen LogP contribution is -2.28. The van der Waals surface area contributed by atoms with E-state index in [2.05, 4.69) is 11.9 Å². The zero-order valence-electron chi connectivity index (χ0n) is 10.6. The van der Waals surface area contributed by atoms with Crippen LogP contribution in [0.25, 0.3) is 0 Å². The summed E-state index contributed by atoms with van der Waals surface area (Å²) >= 11 is 12.8. The number of aliphatic imine (C=N–C) groups is 1. The number of alkyl halides is 2. The van der Waals surface area contributed by atoms with Crippen molar-refractivity contribution in [2.45, 2.75) is 44.0 Å². The van der Waals surface area contributed by atoms with Crippen molar-refractivity contribution in [1.82, 2.24) is 0 Å². The van der Waals surface area contributed by atoms with Gasteiger partial charge in [0, 0.05) is 6.04 Å². The summed E-state index contributed by atoms with van der Waals surface area (Å²) in [6.07, 6.45) is 1.63. The van der Waals surface area contributed by atoms with E-state index >= 15 is 0 Å². The highest BCUT2D eigenvalue weighted by Crippen LogP contribution is 2.32. The molecule has 0 saturated heterocycles. The van der Waals surface area contributed by atoms with Crippen LogP contribution in [0, 0.1) is 0 Å². The lowest BCUT2D eigenvalue weighted by atomic mass is 10.0. The van der Waals surface area contributed by atoms with Crippen molar-refractivity contribution in [1.29, 1.82) is 0 Å². The Morgan fingerprint density at radius 1 is 1.24 bits per heavy atom. The molecule has 0 atom stereocenters. The van der Waals surface area contributed by atoms with E-state index in [1.54, 1.807) is 0 Å². The number of hydrogen-bond donors (Lipinski definition) is 0. The maximum Gasteiger partial charge on any atom is 0.160 e. The predicted molar refractivity (Wildman–Crippen MR) is 77.5 cm³/mol. The van der Waals surface area contributed by atoms with Crippen molar-refractivity contribution in [3.63, 3.8) is 0 Å². The van der Waals surface area contributed by atoms with E-state index < -0.39 is 4.33 Å². The highest BCUT2D eigenvalue weighted by atomic mass is 35.5. The van der Waals surface area contributed by atoms with Gasteiger partial charge in [0.25, 0.3) is 0 Å². The first-order chi connectivity index (χ1) is 7.97. The largest absolute Gasteiger partial charge is 0.283 e. The Morgan fingerprint density at radius 2 is 1.82 bits per heavy atom.